The van der Waals surface area contributed by atoms with Gasteiger partial charge >= 0.3 is 5.97 Å². The van der Waals surface area contributed by atoms with Crippen molar-refractivity contribution in [2.24, 2.45) is 0 Å². The molecule has 0 unspecified atom stereocenters. The van der Waals surface area contributed by atoms with Crippen molar-refractivity contribution >= 4 is 41.5 Å². The first-order chi connectivity index (χ1) is 11.2. The molecule has 0 radical (unpaired) electrons. The van der Waals surface area contributed by atoms with Crippen LogP contribution < -0.4 is 10.6 Å². The number of hydrogen-bond donors (Lipinski definition) is 3. The van der Waals surface area contributed by atoms with Crippen molar-refractivity contribution in [2.45, 2.75) is 0 Å². The number of halogens is 1. The van der Waals surface area contributed by atoms with Crippen molar-refractivity contribution in [3.63, 3.8) is 0 Å². The van der Waals surface area contributed by atoms with Gasteiger partial charge < -0.3 is 15.7 Å². The van der Waals surface area contributed by atoms with Gasteiger partial charge in [-0.15, -0.1) is 12.4 Å². The Morgan fingerprint density at radius 1 is 0.917 bits per heavy atom. The van der Waals surface area contributed by atoms with E-state index in [0.29, 0.717) is 17.5 Å². The van der Waals surface area contributed by atoms with E-state index in [1.165, 1.54) is 6.07 Å². The summed E-state index contributed by atoms with van der Waals surface area (Å²) in [5, 5.41) is 15.3. The van der Waals surface area contributed by atoms with Gasteiger partial charge in [0.25, 0.3) is 0 Å². The number of carboxylic acids is 1. The number of para-hydroxylation sites is 2. The zero-order chi connectivity index (χ0) is 16.1. The zero-order valence-corrected chi connectivity index (χ0v) is 13.3. The molecule has 2 aromatic carbocycles. The van der Waals surface area contributed by atoms with Gasteiger partial charge in [0.2, 0.25) is 5.95 Å². The topological polar surface area (TPSA) is 87.1 Å². The second kappa shape index (κ2) is 7.94. The van der Waals surface area contributed by atoms with E-state index in [4.69, 9.17) is 0 Å². The van der Waals surface area contributed by atoms with Crippen LogP contribution in [0.1, 0.15) is 10.4 Å². The molecule has 0 aliphatic carbocycles. The van der Waals surface area contributed by atoms with Crippen molar-refractivity contribution in [1.82, 2.24) is 9.97 Å². The van der Waals surface area contributed by atoms with Crippen LogP contribution in [-0.4, -0.2) is 21.0 Å². The molecule has 0 bridgehead atoms. The number of rotatable bonds is 5. The monoisotopic (exact) mass is 342 g/mol. The van der Waals surface area contributed by atoms with Gasteiger partial charge in [-0.2, -0.15) is 4.98 Å². The van der Waals surface area contributed by atoms with E-state index in [0.717, 1.165) is 5.69 Å². The molecular formula is C17H15ClN4O2. The number of aromatic carboxylic acids is 1. The molecule has 0 amide bonds. The van der Waals surface area contributed by atoms with E-state index < -0.39 is 5.97 Å². The maximum Gasteiger partial charge on any atom is 0.337 e. The van der Waals surface area contributed by atoms with Crippen molar-refractivity contribution < 1.29 is 9.90 Å². The normalized spacial score (nSPS) is 9.67. The van der Waals surface area contributed by atoms with Crippen molar-refractivity contribution in [3.05, 3.63) is 72.4 Å². The molecule has 1 aromatic heterocycles. The SMILES string of the molecule is Cl.O=C(O)c1ccccc1Nc1ccnc(Nc2ccccc2)n1. The average molecular weight is 343 g/mol. The molecule has 24 heavy (non-hydrogen) atoms. The summed E-state index contributed by atoms with van der Waals surface area (Å²) in [7, 11) is 0. The van der Waals surface area contributed by atoms with Gasteiger partial charge in [-0.25, -0.2) is 9.78 Å². The molecule has 0 aliphatic rings. The molecule has 0 saturated heterocycles. The summed E-state index contributed by atoms with van der Waals surface area (Å²) in [6.07, 6.45) is 1.60. The molecule has 3 rings (SSSR count). The van der Waals surface area contributed by atoms with E-state index in [2.05, 4.69) is 20.6 Å². The van der Waals surface area contributed by atoms with Crippen LogP contribution in [0.5, 0.6) is 0 Å². The number of carbonyl (C=O) groups is 1. The molecule has 0 fully saturated rings. The predicted octanol–water partition coefficient (Wildman–Crippen LogP) is 4.08. The highest BCUT2D eigenvalue weighted by Crippen LogP contribution is 2.20. The van der Waals surface area contributed by atoms with Crippen molar-refractivity contribution in [2.75, 3.05) is 10.6 Å². The molecule has 0 spiro atoms. The second-order valence-electron chi connectivity index (χ2n) is 4.73. The van der Waals surface area contributed by atoms with Gasteiger partial charge in [-0.05, 0) is 30.3 Å². The van der Waals surface area contributed by atoms with Crippen LogP contribution in [0, 0.1) is 0 Å². The number of benzene rings is 2. The molecule has 7 heteroatoms. The van der Waals surface area contributed by atoms with Gasteiger partial charge in [0.15, 0.2) is 0 Å². The van der Waals surface area contributed by atoms with Gasteiger partial charge in [0, 0.05) is 11.9 Å². The maximum atomic E-state index is 11.2. The summed E-state index contributed by atoms with van der Waals surface area (Å²) < 4.78 is 0. The quantitative estimate of drug-likeness (QED) is 0.647. The van der Waals surface area contributed by atoms with E-state index >= 15 is 0 Å². The van der Waals surface area contributed by atoms with E-state index in [-0.39, 0.29) is 18.0 Å². The van der Waals surface area contributed by atoms with Gasteiger partial charge in [-0.3, -0.25) is 0 Å². The van der Waals surface area contributed by atoms with Crippen LogP contribution in [0.4, 0.5) is 23.1 Å². The summed E-state index contributed by atoms with van der Waals surface area (Å²) in [6, 6.07) is 17.9. The molecule has 0 saturated carbocycles. The summed E-state index contributed by atoms with van der Waals surface area (Å²) >= 11 is 0. The fourth-order valence-electron chi connectivity index (χ4n) is 2.06. The summed E-state index contributed by atoms with van der Waals surface area (Å²) in [4.78, 5) is 19.7. The van der Waals surface area contributed by atoms with Gasteiger partial charge in [0.05, 0.1) is 11.3 Å². The molecule has 3 aromatic rings. The smallest absolute Gasteiger partial charge is 0.337 e. The Labute approximate surface area is 145 Å². The Bertz CT molecular complexity index is 828. The number of carboxylic acid groups (broad SMARTS) is 1. The minimum Gasteiger partial charge on any atom is -0.478 e. The molecule has 122 valence electrons. The predicted molar refractivity (Wildman–Crippen MR) is 95.7 cm³/mol. The number of anilines is 4. The standard InChI is InChI=1S/C17H14N4O2.ClH/c22-16(23)13-8-4-5-9-14(13)20-15-10-11-18-17(21-15)19-12-6-2-1-3-7-12;/h1-11H,(H,22,23)(H2,18,19,20,21);1H. The van der Waals surface area contributed by atoms with E-state index in [1.54, 1.807) is 30.5 Å². The molecule has 6 nitrogen and oxygen atoms in total. The Morgan fingerprint density at radius 2 is 1.62 bits per heavy atom. The lowest BCUT2D eigenvalue weighted by Crippen LogP contribution is -2.04. The summed E-state index contributed by atoms with van der Waals surface area (Å²) in [5.74, 6) is -0.0640. The van der Waals surface area contributed by atoms with E-state index in [9.17, 15) is 9.90 Å². The number of nitrogens with zero attached hydrogens (tertiary/aromatic N) is 2. The fraction of sp³-hybridized carbons (Fsp3) is 0. The van der Waals surface area contributed by atoms with Gasteiger partial charge in [-0.1, -0.05) is 30.3 Å². The highest BCUT2D eigenvalue weighted by atomic mass is 35.5. The minimum absolute atomic E-state index is 0. The molecule has 1 heterocycles. The number of aromatic nitrogens is 2. The lowest BCUT2D eigenvalue weighted by atomic mass is 10.2. The zero-order valence-electron chi connectivity index (χ0n) is 12.5. The van der Waals surface area contributed by atoms with Gasteiger partial charge in [0.1, 0.15) is 5.82 Å². The Balaban J connectivity index is 0.00000208. The third-order valence-electron chi connectivity index (χ3n) is 3.11. The highest BCUT2D eigenvalue weighted by Gasteiger charge is 2.09. The van der Waals surface area contributed by atoms with Crippen LogP contribution in [0.2, 0.25) is 0 Å². The van der Waals surface area contributed by atoms with Crippen LogP contribution in [-0.2, 0) is 0 Å². The first kappa shape index (κ1) is 17.2. The van der Waals surface area contributed by atoms with Crippen LogP contribution >= 0.6 is 12.4 Å². The fourth-order valence-corrected chi connectivity index (χ4v) is 2.06. The van der Waals surface area contributed by atoms with E-state index in [1.807, 2.05) is 30.3 Å². The first-order valence-electron chi connectivity index (χ1n) is 6.97. The minimum atomic E-state index is -0.996. The maximum absolute atomic E-state index is 11.2. The summed E-state index contributed by atoms with van der Waals surface area (Å²) in [6.45, 7) is 0. The lowest BCUT2D eigenvalue weighted by molar-refractivity contribution is 0.0698. The summed E-state index contributed by atoms with van der Waals surface area (Å²) in [5.41, 5.74) is 1.53. The third kappa shape index (κ3) is 4.21. The Morgan fingerprint density at radius 3 is 2.38 bits per heavy atom. The highest BCUT2D eigenvalue weighted by molar-refractivity contribution is 5.95. The van der Waals surface area contributed by atoms with Crippen LogP contribution in [0.3, 0.4) is 0 Å². The van der Waals surface area contributed by atoms with Crippen molar-refractivity contribution in [3.8, 4) is 0 Å². The number of hydrogen-bond acceptors (Lipinski definition) is 5. The molecule has 3 N–H and O–H groups in total. The Hall–Kier alpha value is -3.12. The average Bonchev–Trinajstić information content (AvgIpc) is 2.56. The first-order valence-corrected chi connectivity index (χ1v) is 6.97. The number of nitrogens with one attached hydrogen (secondary N) is 2. The van der Waals surface area contributed by atoms with Crippen LogP contribution in [0.25, 0.3) is 0 Å². The van der Waals surface area contributed by atoms with Crippen molar-refractivity contribution in [1.29, 1.82) is 0 Å². The molecular weight excluding hydrogens is 328 g/mol. The Kier molecular flexibility index (Phi) is 5.70. The lowest BCUT2D eigenvalue weighted by Gasteiger charge is -2.10. The molecule has 0 aliphatic heterocycles. The third-order valence-corrected chi connectivity index (χ3v) is 3.11. The molecule has 0 atom stereocenters. The largest absolute Gasteiger partial charge is 0.478 e. The van der Waals surface area contributed by atoms with Crippen LogP contribution in [0.15, 0.2) is 66.9 Å². The second-order valence-corrected chi connectivity index (χ2v) is 4.73.